The summed E-state index contributed by atoms with van der Waals surface area (Å²) in [6.45, 7) is 5.45. The molecular weight excluding hydrogens is 312 g/mol. The molecule has 24 heavy (non-hydrogen) atoms. The molecule has 0 aromatic carbocycles. The monoisotopic (exact) mass is 338 g/mol. The van der Waals surface area contributed by atoms with Crippen molar-refractivity contribution in [1.29, 1.82) is 0 Å². The molecule has 1 heterocycles. The Labute approximate surface area is 142 Å². The maximum Gasteiger partial charge on any atom is 0.330 e. The molecule has 0 aromatic rings. The third-order valence-corrected chi connectivity index (χ3v) is 5.44. The van der Waals surface area contributed by atoms with Crippen molar-refractivity contribution in [3.63, 3.8) is 0 Å². The Morgan fingerprint density at radius 3 is 2.67 bits per heavy atom. The van der Waals surface area contributed by atoms with Gasteiger partial charge in [0.1, 0.15) is 5.76 Å². The van der Waals surface area contributed by atoms with Gasteiger partial charge in [-0.2, -0.15) is 0 Å². The van der Waals surface area contributed by atoms with Gasteiger partial charge in [0.25, 0.3) is 0 Å². The van der Waals surface area contributed by atoms with Crippen molar-refractivity contribution in [1.82, 2.24) is 0 Å². The SMILES string of the molecule is CCOC(=O)/C=C/[C@@]1(OC)[C@@H]2C=C(OC)[C@@](C)(C3OCCO3)C[C@@H]21. The van der Waals surface area contributed by atoms with Crippen LogP contribution in [0.2, 0.25) is 0 Å². The molecule has 6 heteroatoms. The van der Waals surface area contributed by atoms with Gasteiger partial charge in [-0.25, -0.2) is 4.79 Å². The summed E-state index contributed by atoms with van der Waals surface area (Å²) in [5.74, 6) is 0.945. The number of esters is 1. The van der Waals surface area contributed by atoms with Crippen molar-refractivity contribution in [2.45, 2.75) is 32.2 Å². The van der Waals surface area contributed by atoms with Crippen molar-refractivity contribution >= 4 is 5.97 Å². The van der Waals surface area contributed by atoms with Crippen LogP contribution in [0.15, 0.2) is 24.0 Å². The largest absolute Gasteiger partial charge is 0.501 e. The number of hydrogen-bond donors (Lipinski definition) is 0. The minimum absolute atomic E-state index is 0.178. The van der Waals surface area contributed by atoms with Crippen molar-refractivity contribution < 1.29 is 28.5 Å². The summed E-state index contributed by atoms with van der Waals surface area (Å²) in [6, 6.07) is 0. The molecule has 3 aliphatic rings. The molecule has 0 aromatic heterocycles. The van der Waals surface area contributed by atoms with E-state index in [1.165, 1.54) is 6.08 Å². The van der Waals surface area contributed by atoms with Crippen LogP contribution in [0.5, 0.6) is 0 Å². The first-order chi connectivity index (χ1) is 11.5. The lowest BCUT2D eigenvalue weighted by molar-refractivity contribution is -0.137. The number of fused-ring (bicyclic) bond motifs is 1. The van der Waals surface area contributed by atoms with E-state index >= 15 is 0 Å². The molecule has 134 valence electrons. The second-order valence-electron chi connectivity index (χ2n) is 6.71. The van der Waals surface area contributed by atoms with Crippen LogP contribution in [0.3, 0.4) is 0 Å². The Bertz CT molecular complexity index is 550. The number of carbonyl (C=O) groups is 1. The first kappa shape index (κ1) is 17.5. The van der Waals surface area contributed by atoms with Crippen LogP contribution in [-0.4, -0.2) is 51.9 Å². The van der Waals surface area contributed by atoms with Crippen LogP contribution in [0.1, 0.15) is 20.3 Å². The molecule has 2 aliphatic carbocycles. The first-order valence-electron chi connectivity index (χ1n) is 8.42. The van der Waals surface area contributed by atoms with E-state index in [1.54, 1.807) is 21.1 Å². The third kappa shape index (κ3) is 2.66. The molecule has 0 bridgehead atoms. The van der Waals surface area contributed by atoms with Crippen LogP contribution in [0.4, 0.5) is 0 Å². The quantitative estimate of drug-likeness (QED) is 0.546. The predicted molar refractivity (Wildman–Crippen MR) is 86.0 cm³/mol. The van der Waals surface area contributed by atoms with Crippen LogP contribution < -0.4 is 0 Å². The van der Waals surface area contributed by atoms with Crippen molar-refractivity contribution in [2.24, 2.45) is 17.3 Å². The van der Waals surface area contributed by atoms with E-state index in [0.717, 1.165) is 12.2 Å². The average Bonchev–Trinajstić information content (AvgIpc) is 2.92. The molecule has 6 nitrogen and oxygen atoms in total. The predicted octanol–water partition coefficient (Wildman–Crippen LogP) is 2.05. The Morgan fingerprint density at radius 1 is 1.38 bits per heavy atom. The molecule has 4 atom stereocenters. The fraction of sp³-hybridized carbons (Fsp3) is 0.722. The second-order valence-corrected chi connectivity index (χ2v) is 6.71. The molecule has 0 unspecified atom stereocenters. The minimum atomic E-state index is -0.493. The van der Waals surface area contributed by atoms with Crippen molar-refractivity contribution in [3.8, 4) is 0 Å². The minimum Gasteiger partial charge on any atom is -0.501 e. The van der Waals surface area contributed by atoms with Gasteiger partial charge in [0.15, 0.2) is 6.29 Å². The lowest BCUT2D eigenvalue weighted by atomic mass is 9.78. The molecule has 0 radical (unpaired) electrons. The highest BCUT2D eigenvalue weighted by molar-refractivity contribution is 5.82. The number of ether oxygens (including phenoxy) is 5. The van der Waals surface area contributed by atoms with Gasteiger partial charge in [-0.1, -0.05) is 0 Å². The molecule has 0 amide bonds. The third-order valence-electron chi connectivity index (χ3n) is 5.44. The zero-order valence-corrected chi connectivity index (χ0v) is 14.7. The van der Waals surface area contributed by atoms with Gasteiger partial charge < -0.3 is 23.7 Å². The molecule has 1 saturated carbocycles. The normalized spacial score (nSPS) is 38.8. The highest BCUT2D eigenvalue weighted by atomic mass is 16.7. The van der Waals surface area contributed by atoms with Crippen molar-refractivity contribution in [3.05, 3.63) is 24.0 Å². The topological polar surface area (TPSA) is 63.2 Å². The van der Waals surface area contributed by atoms with Gasteiger partial charge >= 0.3 is 5.97 Å². The Morgan fingerprint density at radius 2 is 2.08 bits per heavy atom. The first-order valence-corrected chi connectivity index (χ1v) is 8.42. The summed E-state index contributed by atoms with van der Waals surface area (Å²) in [6.07, 6.45) is 5.88. The van der Waals surface area contributed by atoms with E-state index in [0.29, 0.717) is 19.8 Å². The highest BCUT2D eigenvalue weighted by Gasteiger charge is 2.68. The van der Waals surface area contributed by atoms with E-state index in [4.69, 9.17) is 23.7 Å². The molecule has 0 N–H and O–H groups in total. The molecular formula is C18H26O6. The summed E-state index contributed by atoms with van der Waals surface area (Å²) in [7, 11) is 3.35. The van der Waals surface area contributed by atoms with Gasteiger partial charge in [0.05, 0.1) is 37.9 Å². The van der Waals surface area contributed by atoms with E-state index < -0.39 is 5.60 Å². The van der Waals surface area contributed by atoms with Crippen molar-refractivity contribution in [2.75, 3.05) is 34.0 Å². The molecule has 3 rings (SSSR count). The van der Waals surface area contributed by atoms with E-state index in [9.17, 15) is 4.79 Å². The molecule has 1 saturated heterocycles. The fourth-order valence-corrected chi connectivity index (χ4v) is 4.15. The molecule has 2 fully saturated rings. The Hall–Kier alpha value is -1.37. The summed E-state index contributed by atoms with van der Waals surface area (Å²) in [5, 5.41) is 0. The Kier molecular flexibility index (Phi) is 4.73. The summed E-state index contributed by atoms with van der Waals surface area (Å²) in [4.78, 5) is 11.7. The van der Waals surface area contributed by atoms with Crippen LogP contribution in [-0.2, 0) is 28.5 Å². The van der Waals surface area contributed by atoms with Gasteiger partial charge in [0, 0.05) is 25.0 Å². The fourth-order valence-electron chi connectivity index (χ4n) is 4.15. The molecule has 1 aliphatic heterocycles. The number of methoxy groups -OCH3 is 2. The van der Waals surface area contributed by atoms with Gasteiger partial charge in [0.2, 0.25) is 0 Å². The lowest BCUT2D eigenvalue weighted by Crippen LogP contribution is -2.38. The van der Waals surface area contributed by atoms with E-state index in [-0.39, 0.29) is 29.5 Å². The van der Waals surface area contributed by atoms with Gasteiger partial charge in [-0.3, -0.25) is 0 Å². The maximum atomic E-state index is 11.7. The van der Waals surface area contributed by atoms with E-state index in [2.05, 4.69) is 13.0 Å². The summed E-state index contributed by atoms with van der Waals surface area (Å²) >= 11 is 0. The zero-order chi connectivity index (χ0) is 17.4. The van der Waals surface area contributed by atoms with Gasteiger partial charge in [-0.15, -0.1) is 0 Å². The lowest BCUT2D eigenvalue weighted by Gasteiger charge is -2.37. The maximum absolute atomic E-state index is 11.7. The second kappa shape index (κ2) is 6.50. The summed E-state index contributed by atoms with van der Waals surface area (Å²) in [5.41, 5.74) is -0.850. The van der Waals surface area contributed by atoms with Crippen LogP contribution in [0.25, 0.3) is 0 Å². The van der Waals surface area contributed by atoms with Crippen LogP contribution in [0, 0.1) is 17.3 Å². The molecule has 0 spiro atoms. The zero-order valence-electron chi connectivity index (χ0n) is 14.7. The number of hydrogen-bond acceptors (Lipinski definition) is 6. The van der Waals surface area contributed by atoms with E-state index in [1.807, 2.05) is 6.08 Å². The van der Waals surface area contributed by atoms with Gasteiger partial charge in [-0.05, 0) is 32.4 Å². The average molecular weight is 338 g/mol. The van der Waals surface area contributed by atoms with Crippen LogP contribution >= 0.6 is 0 Å². The summed E-state index contributed by atoms with van der Waals surface area (Å²) < 4.78 is 27.9. The number of rotatable bonds is 6. The smallest absolute Gasteiger partial charge is 0.330 e. The standard InChI is InChI=1S/C18H26O6/c1-5-22-15(19)6-7-18(21-4)12-10-14(20-3)17(2,11-13(12)18)16-23-8-9-24-16/h6-7,10,12-13,16H,5,8-9,11H2,1-4H3/b7-6+/t12-,13+,17+,18-/m1/s1. The number of carbonyl (C=O) groups excluding carboxylic acids is 1. The highest BCUT2D eigenvalue weighted by Crippen LogP contribution is 2.65. The Balaban J connectivity index is 1.82.